The minimum Gasteiger partial charge on any atom is -0.491 e. The molecule has 174 valence electrons. The van der Waals surface area contributed by atoms with Crippen LogP contribution in [0.2, 0.25) is 0 Å². The van der Waals surface area contributed by atoms with Crippen molar-refractivity contribution in [3.05, 3.63) is 58.7 Å². The fourth-order valence-electron chi connectivity index (χ4n) is 5.39. The van der Waals surface area contributed by atoms with Gasteiger partial charge < -0.3 is 24.6 Å². The van der Waals surface area contributed by atoms with Gasteiger partial charge in [0.1, 0.15) is 24.2 Å². The van der Waals surface area contributed by atoms with E-state index < -0.39 is 0 Å². The average Bonchev–Trinajstić information content (AvgIpc) is 3.15. The number of fused-ring (bicyclic) bond motifs is 2. The van der Waals surface area contributed by atoms with E-state index in [1.165, 1.54) is 0 Å². The first kappa shape index (κ1) is 21.9. The van der Waals surface area contributed by atoms with Gasteiger partial charge in [0.05, 0.1) is 25.4 Å². The highest BCUT2D eigenvalue weighted by Crippen LogP contribution is 2.53. The molecule has 1 saturated heterocycles. The van der Waals surface area contributed by atoms with E-state index in [1.807, 2.05) is 37.3 Å². The molecule has 2 aromatic carbocycles. The first-order valence-electron chi connectivity index (χ1n) is 11.5. The maximum absolute atomic E-state index is 13.2. The van der Waals surface area contributed by atoms with Gasteiger partial charge in [0.2, 0.25) is 0 Å². The van der Waals surface area contributed by atoms with E-state index in [0.717, 1.165) is 24.3 Å². The van der Waals surface area contributed by atoms with Crippen LogP contribution in [0.15, 0.2) is 36.4 Å². The quantitative estimate of drug-likeness (QED) is 0.600. The molecule has 0 aromatic heterocycles. The number of rotatable bonds is 8. The minimum absolute atomic E-state index is 0.0562. The van der Waals surface area contributed by atoms with Crippen LogP contribution in [0, 0.1) is 17.8 Å². The van der Waals surface area contributed by atoms with Crippen LogP contribution in [0.3, 0.4) is 0 Å². The van der Waals surface area contributed by atoms with Gasteiger partial charge in [-0.2, -0.15) is 0 Å². The van der Waals surface area contributed by atoms with Gasteiger partial charge in [0, 0.05) is 30.5 Å². The lowest BCUT2D eigenvalue weighted by molar-refractivity contribution is 0.0950. The summed E-state index contributed by atoms with van der Waals surface area (Å²) < 4.78 is 17.2. The summed E-state index contributed by atoms with van der Waals surface area (Å²) >= 11 is 0. The van der Waals surface area contributed by atoms with Crippen LogP contribution in [0.4, 0.5) is 0 Å². The number of Topliss-reactive ketones (excluding diaryl/α,β-unsaturated/α-hetero) is 1. The number of hydrogen-bond acceptors (Lipinski definition) is 6. The molecule has 1 saturated carbocycles. The molecule has 1 aliphatic carbocycles. The molecule has 0 bridgehead atoms. The molecule has 1 unspecified atom stereocenters. The highest BCUT2D eigenvalue weighted by Gasteiger charge is 2.54. The van der Waals surface area contributed by atoms with Crippen molar-refractivity contribution in [2.45, 2.75) is 25.4 Å². The number of aliphatic hydroxyl groups is 1. The zero-order valence-corrected chi connectivity index (χ0v) is 18.9. The Kier molecular flexibility index (Phi) is 5.85. The van der Waals surface area contributed by atoms with E-state index >= 15 is 0 Å². The minimum atomic E-state index is -0.273. The SMILES string of the molecule is CNC(=O)c1cc(C(=O)CC2[C@H]3COC[C@@H]23)cc2c1O[C@H](C)[C@H]2c1cccc(OCCO)c1. The summed E-state index contributed by atoms with van der Waals surface area (Å²) in [6.07, 6.45) is 0.262. The van der Waals surface area contributed by atoms with Crippen LogP contribution in [0.1, 0.15) is 51.1 Å². The molecule has 2 N–H and O–H groups in total. The summed E-state index contributed by atoms with van der Waals surface area (Å²) in [6.45, 7) is 3.61. The molecular weight excluding hydrogens is 422 g/mol. The van der Waals surface area contributed by atoms with E-state index in [-0.39, 0.29) is 36.9 Å². The second-order valence-electron chi connectivity index (χ2n) is 9.12. The zero-order chi connectivity index (χ0) is 23.1. The Balaban J connectivity index is 1.50. The summed E-state index contributed by atoms with van der Waals surface area (Å²) in [6, 6.07) is 11.2. The number of carbonyl (C=O) groups is 2. The molecule has 5 rings (SSSR count). The summed E-state index contributed by atoms with van der Waals surface area (Å²) in [7, 11) is 1.58. The lowest BCUT2D eigenvalue weighted by atomic mass is 9.86. The molecule has 7 heteroatoms. The van der Waals surface area contributed by atoms with Crippen molar-refractivity contribution in [3.63, 3.8) is 0 Å². The number of benzene rings is 2. The third kappa shape index (κ3) is 4.00. The predicted molar refractivity (Wildman–Crippen MR) is 121 cm³/mol. The Morgan fingerprint density at radius 2 is 1.97 bits per heavy atom. The fourth-order valence-corrected chi connectivity index (χ4v) is 5.39. The number of carbonyl (C=O) groups excluding carboxylic acids is 2. The van der Waals surface area contributed by atoms with Crippen LogP contribution in [-0.4, -0.2) is 56.4 Å². The lowest BCUT2D eigenvalue weighted by Crippen LogP contribution is -2.20. The van der Waals surface area contributed by atoms with Crippen molar-refractivity contribution in [1.29, 1.82) is 0 Å². The molecule has 2 aromatic rings. The van der Waals surface area contributed by atoms with E-state index in [1.54, 1.807) is 13.1 Å². The molecular formula is C26H29NO6. The number of aliphatic hydroxyl groups excluding tert-OH is 1. The fraction of sp³-hybridized carbons (Fsp3) is 0.462. The predicted octanol–water partition coefficient (Wildman–Crippen LogP) is 2.80. The van der Waals surface area contributed by atoms with Gasteiger partial charge >= 0.3 is 0 Å². The second-order valence-corrected chi connectivity index (χ2v) is 9.12. The van der Waals surface area contributed by atoms with Crippen molar-refractivity contribution in [3.8, 4) is 11.5 Å². The van der Waals surface area contributed by atoms with Crippen molar-refractivity contribution in [1.82, 2.24) is 5.32 Å². The van der Waals surface area contributed by atoms with Crippen LogP contribution in [0.25, 0.3) is 0 Å². The van der Waals surface area contributed by atoms with Crippen LogP contribution < -0.4 is 14.8 Å². The van der Waals surface area contributed by atoms with Gasteiger partial charge in [0.25, 0.3) is 5.91 Å². The Labute approximate surface area is 193 Å². The van der Waals surface area contributed by atoms with Crippen molar-refractivity contribution in [2.24, 2.45) is 17.8 Å². The van der Waals surface area contributed by atoms with Crippen molar-refractivity contribution in [2.75, 3.05) is 33.5 Å². The molecule has 0 radical (unpaired) electrons. The second kappa shape index (κ2) is 8.80. The van der Waals surface area contributed by atoms with Crippen LogP contribution >= 0.6 is 0 Å². The Bertz CT molecular complexity index is 1070. The molecule has 5 atom stereocenters. The van der Waals surface area contributed by atoms with Crippen molar-refractivity contribution >= 4 is 11.7 Å². The first-order chi connectivity index (χ1) is 16.0. The third-order valence-corrected chi connectivity index (χ3v) is 7.15. The van der Waals surface area contributed by atoms with Gasteiger partial charge in [-0.3, -0.25) is 9.59 Å². The van der Waals surface area contributed by atoms with E-state index in [9.17, 15) is 9.59 Å². The molecule has 2 fully saturated rings. The van der Waals surface area contributed by atoms with E-state index in [2.05, 4.69) is 5.32 Å². The lowest BCUT2D eigenvalue weighted by Gasteiger charge is -2.17. The number of ether oxygens (including phenoxy) is 3. The van der Waals surface area contributed by atoms with Crippen LogP contribution in [0.5, 0.6) is 11.5 Å². The normalized spacial score (nSPS) is 26.8. The largest absolute Gasteiger partial charge is 0.491 e. The number of amides is 1. The van der Waals surface area contributed by atoms with Gasteiger partial charge in [-0.25, -0.2) is 0 Å². The van der Waals surface area contributed by atoms with E-state index in [0.29, 0.717) is 46.8 Å². The monoisotopic (exact) mass is 451 g/mol. The van der Waals surface area contributed by atoms with Crippen molar-refractivity contribution < 1.29 is 28.9 Å². The Hall–Kier alpha value is -2.90. The smallest absolute Gasteiger partial charge is 0.254 e. The van der Waals surface area contributed by atoms with Gasteiger partial charge in [-0.1, -0.05) is 12.1 Å². The Morgan fingerprint density at radius 3 is 2.70 bits per heavy atom. The summed E-state index contributed by atoms with van der Waals surface area (Å²) in [5.74, 6) is 2.20. The zero-order valence-electron chi connectivity index (χ0n) is 18.9. The molecule has 7 nitrogen and oxygen atoms in total. The summed E-state index contributed by atoms with van der Waals surface area (Å²) in [5.41, 5.74) is 2.75. The molecule has 2 aliphatic heterocycles. The highest BCUT2D eigenvalue weighted by molar-refractivity contribution is 6.03. The molecule has 2 heterocycles. The van der Waals surface area contributed by atoms with Gasteiger partial charge in [-0.05, 0) is 54.5 Å². The topological polar surface area (TPSA) is 94.1 Å². The first-order valence-corrected chi connectivity index (χ1v) is 11.5. The standard InChI is InChI=1S/C26H29NO6/c1-14-24(15-4-3-5-17(8-15)32-7-6-28)19-9-16(10-20(25(19)33-14)26(30)27-2)23(29)11-18-21-12-31-13-22(18)21/h3-5,8-10,14,18,21-22,24,28H,6-7,11-13H2,1-2H3,(H,27,30)/t14-,18?,21-,22+,24+/m1/s1. The number of hydrogen-bond donors (Lipinski definition) is 2. The van der Waals surface area contributed by atoms with E-state index in [4.69, 9.17) is 19.3 Å². The molecule has 33 heavy (non-hydrogen) atoms. The molecule has 0 spiro atoms. The van der Waals surface area contributed by atoms with Crippen LogP contribution in [-0.2, 0) is 4.74 Å². The molecule has 3 aliphatic rings. The maximum atomic E-state index is 13.2. The summed E-state index contributed by atoms with van der Waals surface area (Å²) in [4.78, 5) is 25.9. The number of nitrogens with one attached hydrogen (secondary N) is 1. The number of ketones is 1. The third-order valence-electron chi connectivity index (χ3n) is 7.15. The average molecular weight is 452 g/mol. The Morgan fingerprint density at radius 1 is 1.18 bits per heavy atom. The van der Waals surface area contributed by atoms with Gasteiger partial charge in [-0.15, -0.1) is 0 Å². The highest BCUT2D eigenvalue weighted by atomic mass is 16.5. The summed E-state index contributed by atoms with van der Waals surface area (Å²) in [5, 5.41) is 11.7. The molecule has 1 amide bonds. The van der Waals surface area contributed by atoms with Gasteiger partial charge in [0.15, 0.2) is 5.78 Å². The maximum Gasteiger partial charge on any atom is 0.254 e.